The first kappa shape index (κ1) is 11.2. The van der Waals surface area contributed by atoms with E-state index in [1.165, 1.54) is 12.8 Å². The Balaban J connectivity index is 2.47. The maximum absolute atomic E-state index is 11.9. The summed E-state index contributed by atoms with van der Waals surface area (Å²) in [5.74, 6) is 0.844. The van der Waals surface area contributed by atoms with Crippen LogP contribution in [0.25, 0.3) is 0 Å². The van der Waals surface area contributed by atoms with Crippen LogP contribution in [0.2, 0.25) is 0 Å². The highest BCUT2D eigenvalue weighted by atomic mass is 16.3. The van der Waals surface area contributed by atoms with E-state index in [4.69, 9.17) is 5.11 Å². The lowest BCUT2D eigenvalue weighted by Gasteiger charge is -2.23. The van der Waals surface area contributed by atoms with E-state index in [1.807, 2.05) is 6.92 Å². The standard InChI is InChI=1S/C11H19NO2/c1-3-6-12(7-8-13)11(14)9(2)10-4-5-10/h3,9-10,13H,1,4-8H2,2H3. The van der Waals surface area contributed by atoms with Crippen LogP contribution in [0.15, 0.2) is 12.7 Å². The molecule has 1 saturated carbocycles. The van der Waals surface area contributed by atoms with Gasteiger partial charge in [0.2, 0.25) is 5.91 Å². The summed E-state index contributed by atoms with van der Waals surface area (Å²) in [5.41, 5.74) is 0. The third-order valence-corrected chi connectivity index (χ3v) is 2.75. The highest BCUT2D eigenvalue weighted by Gasteiger charge is 2.34. The number of rotatable bonds is 6. The van der Waals surface area contributed by atoms with Gasteiger partial charge in [0.05, 0.1) is 6.61 Å². The molecule has 0 aromatic heterocycles. The molecule has 1 aliphatic rings. The van der Waals surface area contributed by atoms with Gasteiger partial charge in [-0.15, -0.1) is 6.58 Å². The summed E-state index contributed by atoms with van der Waals surface area (Å²) in [6.07, 6.45) is 4.05. The van der Waals surface area contributed by atoms with E-state index in [9.17, 15) is 4.79 Å². The van der Waals surface area contributed by atoms with Crippen LogP contribution in [0.3, 0.4) is 0 Å². The molecular weight excluding hydrogens is 178 g/mol. The van der Waals surface area contributed by atoms with Crippen LogP contribution in [-0.2, 0) is 4.79 Å². The first-order valence-corrected chi connectivity index (χ1v) is 5.21. The molecule has 0 aromatic carbocycles. The molecular formula is C11H19NO2. The monoisotopic (exact) mass is 197 g/mol. The summed E-state index contributed by atoms with van der Waals surface area (Å²) in [5, 5.41) is 8.82. The molecule has 0 saturated heterocycles. The van der Waals surface area contributed by atoms with Gasteiger partial charge in [-0.05, 0) is 18.8 Å². The molecule has 1 fully saturated rings. The molecule has 0 aliphatic heterocycles. The third-order valence-electron chi connectivity index (χ3n) is 2.75. The molecule has 0 radical (unpaired) electrons. The Hall–Kier alpha value is -0.830. The van der Waals surface area contributed by atoms with Gasteiger partial charge in [0.1, 0.15) is 0 Å². The van der Waals surface area contributed by atoms with Crippen LogP contribution >= 0.6 is 0 Å². The normalized spacial score (nSPS) is 17.6. The van der Waals surface area contributed by atoms with E-state index in [2.05, 4.69) is 6.58 Å². The van der Waals surface area contributed by atoms with E-state index in [-0.39, 0.29) is 18.4 Å². The second-order valence-corrected chi connectivity index (χ2v) is 3.92. The maximum Gasteiger partial charge on any atom is 0.226 e. The average molecular weight is 197 g/mol. The quantitative estimate of drug-likeness (QED) is 0.646. The van der Waals surface area contributed by atoms with Gasteiger partial charge in [-0.2, -0.15) is 0 Å². The Morgan fingerprint density at radius 1 is 1.71 bits per heavy atom. The van der Waals surface area contributed by atoms with Gasteiger partial charge in [-0.1, -0.05) is 13.0 Å². The molecule has 1 rings (SSSR count). The van der Waals surface area contributed by atoms with Crippen molar-refractivity contribution in [3.8, 4) is 0 Å². The summed E-state index contributed by atoms with van der Waals surface area (Å²) in [4.78, 5) is 13.5. The first-order valence-electron chi connectivity index (χ1n) is 5.21. The number of hydrogen-bond acceptors (Lipinski definition) is 2. The summed E-state index contributed by atoms with van der Waals surface area (Å²) >= 11 is 0. The van der Waals surface area contributed by atoms with E-state index in [0.717, 1.165) is 0 Å². The van der Waals surface area contributed by atoms with Crippen molar-refractivity contribution in [2.24, 2.45) is 11.8 Å². The van der Waals surface area contributed by atoms with Gasteiger partial charge in [0.15, 0.2) is 0 Å². The molecule has 0 bridgehead atoms. The van der Waals surface area contributed by atoms with Crippen molar-refractivity contribution in [2.45, 2.75) is 19.8 Å². The van der Waals surface area contributed by atoms with E-state index >= 15 is 0 Å². The summed E-state index contributed by atoms with van der Waals surface area (Å²) in [6.45, 7) is 6.57. The predicted molar refractivity (Wildman–Crippen MR) is 55.8 cm³/mol. The van der Waals surface area contributed by atoms with Crippen molar-refractivity contribution in [3.05, 3.63) is 12.7 Å². The molecule has 14 heavy (non-hydrogen) atoms. The largest absolute Gasteiger partial charge is 0.395 e. The second-order valence-electron chi connectivity index (χ2n) is 3.92. The number of hydrogen-bond donors (Lipinski definition) is 1. The zero-order valence-electron chi connectivity index (χ0n) is 8.78. The number of carbonyl (C=O) groups excluding carboxylic acids is 1. The Morgan fingerprint density at radius 3 is 2.79 bits per heavy atom. The van der Waals surface area contributed by atoms with Crippen molar-refractivity contribution in [2.75, 3.05) is 19.7 Å². The molecule has 1 atom stereocenters. The Bertz CT molecular complexity index is 211. The van der Waals surface area contributed by atoms with Crippen LogP contribution in [0, 0.1) is 11.8 Å². The zero-order valence-corrected chi connectivity index (χ0v) is 8.78. The SMILES string of the molecule is C=CCN(CCO)C(=O)C(C)C1CC1. The van der Waals surface area contributed by atoms with Crippen molar-refractivity contribution < 1.29 is 9.90 Å². The van der Waals surface area contributed by atoms with Crippen LogP contribution in [0.1, 0.15) is 19.8 Å². The molecule has 1 N–H and O–H groups in total. The van der Waals surface area contributed by atoms with Crippen LogP contribution in [0.4, 0.5) is 0 Å². The van der Waals surface area contributed by atoms with Gasteiger partial charge in [-0.25, -0.2) is 0 Å². The summed E-state index contributed by atoms with van der Waals surface area (Å²) in [6, 6.07) is 0. The molecule has 1 amide bonds. The minimum absolute atomic E-state index is 0.0248. The predicted octanol–water partition coefficient (Wildman–Crippen LogP) is 1.04. The van der Waals surface area contributed by atoms with Crippen molar-refractivity contribution >= 4 is 5.91 Å². The second kappa shape index (κ2) is 5.15. The Morgan fingerprint density at radius 2 is 2.36 bits per heavy atom. The Labute approximate surface area is 85.4 Å². The molecule has 3 nitrogen and oxygen atoms in total. The Kier molecular flexibility index (Phi) is 4.14. The lowest BCUT2D eigenvalue weighted by molar-refractivity contribution is -0.135. The van der Waals surface area contributed by atoms with Gasteiger partial charge >= 0.3 is 0 Å². The van der Waals surface area contributed by atoms with Gasteiger partial charge in [0.25, 0.3) is 0 Å². The molecule has 0 heterocycles. The highest BCUT2D eigenvalue weighted by molar-refractivity contribution is 5.79. The summed E-state index contributed by atoms with van der Waals surface area (Å²) in [7, 11) is 0. The smallest absolute Gasteiger partial charge is 0.226 e. The van der Waals surface area contributed by atoms with Gasteiger partial charge < -0.3 is 10.0 Å². The highest BCUT2D eigenvalue weighted by Crippen LogP contribution is 2.37. The number of aliphatic hydroxyl groups excluding tert-OH is 1. The van der Waals surface area contributed by atoms with Crippen LogP contribution in [-0.4, -0.2) is 35.6 Å². The number of aliphatic hydroxyl groups is 1. The fourth-order valence-corrected chi connectivity index (χ4v) is 1.65. The zero-order chi connectivity index (χ0) is 10.6. The first-order chi connectivity index (χ1) is 6.70. The number of nitrogens with zero attached hydrogens (tertiary/aromatic N) is 1. The summed E-state index contributed by atoms with van der Waals surface area (Å²) < 4.78 is 0. The van der Waals surface area contributed by atoms with E-state index < -0.39 is 0 Å². The van der Waals surface area contributed by atoms with Crippen molar-refractivity contribution in [1.82, 2.24) is 4.90 Å². The lowest BCUT2D eigenvalue weighted by atomic mass is 10.1. The maximum atomic E-state index is 11.9. The number of amides is 1. The van der Waals surface area contributed by atoms with Crippen LogP contribution < -0.4 is 0 Å². The average Bonchev–Trinajstić information content (AvgIpc) is 2.98. The van der Waals surface area contributed by atoms with E-state index in [1.54, 1.807) is 11.0 Å². The fourth-order valence-electron chi connectivity index (χ4n) is 1.65. The molecule has 80 valence electrons. The molecule has 1 aliphatic carbocycles. The molecule has 0 aromatic rings. The van der Waals surface area contributed by atoms with Crippen molar-refractivity contribution in [3.63, 3.8) is 0 Å². The topological polar surface area (TPSA) is 40.5 Å². The van der Waals surface area contributed by atoms with Gasteiger partial charge in [-0.3, -0.25) is 4.79 Å². The lowest BCUT2D eigenvalue weighted by Crippen LogP contribution is -2.38. The molecule has 0 spiro atoms. The van der Waals surface area contributed by atoms with Crippen LogP contribution in [0.5, 0.6) is 0 Å². The minimum Gasteiger partial charge on any atom is -0.395 e. The van der Waals surface area contributed by atoms with Crippen molar-refractivity contribution in [1.29, 1.82) is 0 Å². The van der Waals surface area contributed by atoms with E-state index in [0.29, 0.717) is 19.0 Å². The number of carbonyl (C=O) groups is 1. The fraction of sp³-hybridized carbons (Fsp3) is 0.727. The minimum atomic E-state index is 0.0248. The van der Waals surface area contributed by atoms with Gasteiger partial charge in [0, 0.05) is 19.0 Å². The molecule has 3 heteroatoms. The molecule has 1 unspecified atom stereocenters. The third kappa shape index (κ3) is 2.84.